The van der Waals surface area contributed by atoms with Crippen LogP contribution in [0.2, 0.25) is 0 Å². The summed E-state index contributed by atoms with van der Waals surface area (Å²) < 4.78 is 17.3. The van der Waals surface area contributed by atoms with Crippen molar-refractivity contribution in [1.29, 1.82) is 0 Å². The number of fused-ring (bicyclic) bond motifs is 4. The maximum absolute atomic E-state index is 12.4. The Morgan fingerprint density at radius 1 is 1.03 bits per heavy atom. The molecule has 0 bridgehead atoms. The van der Waals surface area contributed by atoms with E-state index >= 15 is 0 Å². The van der Waals surface area contributed by atoms with Gasteiger partial charge in [-0.05, 0) is 36.1 Å². The molecular formula is C25H24NO4+. The Morgan fingerprint density at radius 3 is 2.63 bits per heavy atom. The Labute approximate surface area is 174 Å². The molecule has 1 aromatic heterocycles. The van der Waals surface area contributed by atoms with Crippen molar-refractivity contribution in [3.8, 4) is 11.5 Å². The Morgan fingerprint density at radius 2 is 1.80 bits per heavy atom. The first-order chi connectivity index (χ1) is 14.7. The second-order valence-electron chi connectivity index (χ2n) is 7.83. The van der Waals surface area contributed by atoms with Crippen molar-refractivity contribution in [2.24, 2.45) is 0 Å². The van der Waals surface area contributed by atoms with Gasteiger partial charge in [-0.1, -0.05) is 36.4 Å². The van der Waals surface area contributed by atoms with Gasteiger partial charge in [0, 0.05) is 22.9 Å². The first-order valence-corrected chi connectivity index (χ1v) is 10.2. The molecule has 1 aliphatic rings. The molecule has 5 rings (SSSR count). The van der Waals surface area contributed by atoms with E-state index in [-0.39, 0.29) is 5.63 Å². The second kappa shape index (κ2) is 7.50. The summed E-state index contributed by atoms with van der Waals surface area (Å²) >= 11 is 0. The number of quaternary nitrogens is 1. The maximum atomic E-state index is 12.4. The molecular weight excluding hydrogens is 378 g/mol. The summed E-state index contributed by atoms with van der Waals surface area (Å²) in [4.78, 5) is 13.8. The molecule has 152 valence electrons. The first-order valence-electron chi connectivity index (χ1n) is 10.2. The molecule has 0 fully saturated rings. The van der Waals surface area contributed by atoms with Crippen molar-refractivity contribution in [2.75, 3.05) is 20.4 Å². The van der Waals surface area contributed by atoms with Crippen LogP contribution in [0.5, 0.6) is 11.5 Å². The van der Waals surface area contributed by atoms with Gasteiger partial charge in [0.25, 0.3) is 0 Å². The van der Waals surface area contributed by atoms with E-state index in [1.165, 1.54) is 10.5 Å². The van der Waals surface area contributed by atoms with E-state index in [1.54, 1.807) is 7.11 Å². The fourth-order valence-corrected chi connectivity index (χ4v) is 4.43. The van der Waals surface area contributed by atoms with E-state index in [2.05, 4.69) is 12.1 Å². The summed E-state index contributed by atoms with van der Waals surface area (Å²) in [7, 11) is 1.71. The number of aryl methyl sites for hydroxylation is 1. The van der Waals surface area contributed by atoms with Crippen molar-refractivity contribution in [2.45, 2.75) is 19.9 Å². The molecule has 0 amide bonds. The Hall–Kier alpha value is -3.31. The van der Waals surface area contributed by atoms with Crippen LogP contribution in [0.15, 0.2) is 63.8 Å². The Kier molecular flexibility index (Phi) is 4.68. The summed E-state index contributed by atoms with van der Waals surface area (Å²) in [6.07, 6.45) is 0.919. The predicted octanol–water partition coefficient (Wildman–Crippen LogP) is 3.24. The molecule has 4 aromatic rings. The molecule has 1 unspecified atom stereocenters. The van der Waals surface area contributed by atoms with Gasteiger partial charge in [-0.15, -0.1) is 0 Å². The molecule has 1 aliphatic heterocycles. The molecule has 1 N–H and O–H groups in total. The van der Waals surface area contributed by atoms with Crippen LogP contribution in [-0.2, 0) is 13.0 Å². The molecule has 0 radical (unpaired) electrons. The van der Waals surface area contributed by atoms with Crippen molar-refractivity contribution in [3.63, 3.8) is 0 Å². The molecule has 0 aliphatic carbocycles. The van der Waals surface area contributed by atoms with E-state index in [4.69, 9.17) is 13.9 Å². The van der Waals surface area contributed by atoms with E-state index in [0.717, 1.165) is 52.9 Å². The van der Waals surface area contributed by atoms with Crippen molar-refractivity contribution in [3.05, 3.63) is 81.7 Å². The SMILES string of the molecule is COc1ccccc1CC[NH+]1COc2c(cc3c(oc(=O)c4ccccc43)c2C)C1. The lowest BCUT2D eigenvalue weighted by atomic mass is 10.00. The van der Waals surface area contributed by atoms with Gasteiger partial charge in [0.2, 0.25) is 6.73 Å². The first kappa shape index (κ1) is 18.7. The number of hydrogen-bond donors (Lipinski definition) is 1. The number of ether oxygens (including phenoxy) is 2. The third kappa shape index (κ3) is 3.12. The van der Waals surface area contributed by atoms with Crippen molar-refractivity contribution in [1.82, 2.24) is 0 Å². The van der Waals surface area contributed by atoms with Gasteiger partial charge in [0.15, 0.2) is 0 Å². The summed E-state index contributed by atoms with van der Waals surface area (Å²) in [5.74, 6) is 1.78. The Bertz CT molecular complexity index is 1310. The van der Waals surface area contributed by atoms with Gasteiger partial charge >= 0.3 is 5.63 Å². The lowest BCUT2D eigenvalue weighted by molar-refractivity contribution is -0.932. The molecule has 30 heavy (non-hydrogen) atoms. The highest BCUT2D eigenvalue weighted by Crippen LogP contribution is 2.34. The summed E-state index contributed by atoms with van der Waals surface area (Å²) in [6, 6.07) is 17.9. The second-order valence-corrected chi connectivity index (χ2v) is 7.83. The standard InChI is InChI=1S/C25H23NO4/c1-16-23-18(13-21-19-8-4-5-9-20(19)25(27)30-24(16)21)14-26(15-29-23)12-11-17-7-3-6-10-22(17)28-2/h3-10,13H,11-12,14-15H2,1-2H3/p+1. The number of hydrogen-bond acceptors (Lipinski definition) is 4. The lowest BCUT2D eigenvalue weighted by Crippen LogP contribution is -3.12. The summed E-state index contributed by atoms with van der Waals surface area (Å²) in [5, 5.41) is 2.51. The Balaban J connectivity index is 1.49. The average molecular weight is 402 g/mol. The van der Waals surface area contributed by atoms with Crippen LogP contribution in [0.1, 0.15) is 16.7 Å². The van der Waals surface area contributed by atoms with Crippen LogP contribution in [0.4, 0.5) is 0 Å². The van der Waals surface area contributed by atoms with E-state index < -0.39 is 0 Å². The minimum Gasteiger partial charge on any atom is -0.496 e. The fraction of sp³-hybridized carbons (Fsp3) is 0.240. The van der Waals surface area contributed by atoms with Crippen LogP contribution < -0.4 is 20.0 Å². The molecule has 3 aromatic carbocycles. The van der Waals surface area contributed by atoms with Crippen LogP contribution >= 0.6 is 0 Å². The minimum atomic E-state index is -0.305. The predicted molar refractivity (Wildman–Crippen MR) is 116 cm³/mol. The maximum Gasteiger partial charge on any atom is 0.344 e. The largest absolute Gasteiger partial charge is 0.496 e. The third-order valence-electron chi connectivity index (χ3n) is 5.97. The molecule has 1 atom stereocenters. The number of para-hydroxylation sites is 1. The molecule has 5 heteroatoms. The van der Waals surface area contributed by atoms with Gasteiger partial charge in [-0.25, -0.2) is 4.79 Å². The smallest absolute Gasteiger partial charge is 0.344 e. The zero-order valence-electron chi connectivity index (χ0n) is 17.2. The molecule has 0 spiro atoms. The van der Waals surface area contributed by atoms with Gasteiger partial charge in [0.1, 0.15) is 23.6 Å². The van der Waals surface area contributed by atoms with Gasteiger partial charge < -0.3 is 13.9 Å². The van der Waals surface area contributed by atoms with E-state index in [9.17, 15) is 4.79 Å². The minimum absolute atomic E-state index is 0.305. The summed E-state index contributed by atoms with van der Waals surface area (Å²) in [6.45, 7) is 4.38. The number of rotatable bonds is 4. The molecule has 0 saturated carbocycles. The van der Waals surface area contributed by atoms with Crippen LogP contribution in [0, 0.1) is 6.92 Å². The topological polar surface area (TPSA) is 53.1 Å². The van der Waals surface area contributed by atoms with E-state index in [1.807, 2.05) is 49.4 Å². The molecule has 0 saturated heterocycles. The number of methoxy groups -OCH3 is 1. The van der Waals surface area contributed by atoms with Crippen LogP contribution in [-0.4, -0.2) is 20.4 Å². The van der Waals surface area contributed by atoms with Crippen molar-refractivity contribution >= 4 is 21.7 Å². The third-order valence-corrected chi connectivity index (χ3v) is 5.97. The fourth-order valence-electron chi connectivity index (χ4n) is 4.43. The molecule has 5 nitrogen and oxygen atoms in total. The monoisotopic (exact) mass is 402 g/mol. The van der Waals surface area contributed by atoms with E-state index in [0.29, 0.717) is 17.7 Å². The van der Waals surface area contributed by atoms with Gasteiger partial charge in [-0.2, -0.15) is 0 Å². The number of benzene rings is 3. The highest BCUT2D eigenvalue weighted by atomic mass is 16.5. The highest BCUT2D eigenvalue weighted by molar-refractivity contribution is 6.06. The molecule has 2 heterocycles. The van der Waals surface area contributed by atoms with Crippen molar-refractivity contribution < 1.29 is 18.8 Å². The normalized spacial score (nSPS) is 15.7. The van der Waals surface area contributed by atoms with Crippen LogP contribution in [0.3, 0.4) is 0 Å². The lowest BCUT2D eigenvalue weighted by Gasteiger charge is -2.28. The quantitative estimate of drug-likeness (QED) is 0.421. The zero-order chi connectivity index (χ0) is 20.7. The highest BCUT2D eigenvalue weighted by Gasteiger charge is 2.25. The van der Waals surface area contributed by atoms with Gasteiger partial charge in [0.05, 0.1) is 19.0 Å². The number of nitrogens with one attached hydrogen (secondary N) is 1. The van der Waals surface area contributed by atoms with Crippen LogP contribution in [0.25, 0.3) is 21.7 Å². The summed E-state index contributed by atoms with van der Waals surface area (Å²) in [5.41, 5.74) is 3.58. The zero-order valence-corrected chi connectivity index (χ0v) is 17.2. The average Bonchev–Trinajstić information content (AvgIpc) is 2.79. The van der Waals surface area contributed by atoms with Gasteiger partial charge in [-0.3, -0.25) is 4.90 Å².